The average Bonchev–Trinajstić information content (AvgIpc) is 3.66. The lowest BCUT2D eigenvalue weighted by Crippen LogP contribution is -2.30. The number of carbonyl (C=O) groups is 4. The summed E-state index contributed by atoms with van der Waals surface area (Å²) in [7, 11) is -9.89. The number of hydrogen-bond acceptors (Lipinski definition) is 15. The summed E-state index contributed by atoms with van der Waals surface area (Å²) in [5.41, 5.74) is 0. The number of aliphatic hydroxyl groups is 1. The SMILES string of the molecule is CCCCCCCCCCCCC(=O)OC[C@H](COP(=O)(O)OC[C@H](O)COP(=O)(O)OC[C@@H](COC(=O)CCCCCCCCCCCC(C)C)OC(=O)CCCCCCCCCCCC(C)C)OC(=O)CCCCCCCCCCC(C)CC. The molecule has 3 unspecified atom stereocenters. The van der Waals surface area contributed by atoms with Crippen LogP contribution in [0.3, 0.4) is 0 Å². The molecule has 0 aromatic carbocycles. The molecule has 3 N–H and O–H groups in total. The number of esters is 4. The van der Waals surface area contributed by atoms with Crippen LogP contribution in [0.25, 0.3) is 0 Å². The van der Waals surface area contributed by atoms with Crippen LogP contribution in [0.4, 0.5) is 0 Å². The first kappa shape index (κ1) is 84.1. The van der Waals surface area contributed by atoms with Crippen LogP contribution < -0.4 is 0 Å². The summed E-state index contributed by atoms with van der Waals surface area (Å²) in [5, 5.41) is 10.6. The molecule has 17 nitrogen and oxygen atoms in total. The topological polar surface area (TPSA) is 237 Å². The van der Waals surface area contributed by atoms with Crippen molar-refractivity contribution >= 4 is 39.5 Å². The van der Waals surface area contributed by atoms with Crippen molar-refractivity contribution in [2.24, 2.45) is 17.8 Å². The molecule has 0 spiro atoms. The maximum absolute atomic E-state index is 13.0. The van der Waals surface area contributed by atoms with Crippen molar-refractivity contribution in [1.29, 1.82) is 0 Å². The Kier molecular flexibility index (Phi) is 56.9. The normalized spacial score (nSPS) is 14.6. The fourth-order valence-corrected chi connectivity index (χ4v) is 11.6. The average molecular weight is 1270 g/mol. The Hall–Kier alpha value is -1.94. The van der Waals surface area contributed by atoms with Crippen LogP contribution in [0.1, 0.15) is 331 Å². The van der Waals surface area contributed by atoms with Gasteiger partial charge in [0.1, 0.15) is 19.3 Å². The van der Waals surface area contributed by atoms with Gasteiger partial charge in [-0.1, -0.05) is 280 Å². The molecule has 0 saturated carbocycles. The lowest BCUT2D eigenvalue weighted by atomic mass is 9.99. The third-order valence-electron chi connectivity index (χ3n) is 15.7. The first-order valence-corrected chi connectivity index (χ1v) is 37.9. The van der Waals surface area contributed by atoms with Gasteiger partial charge in [-0.25, -0.2) is 9.13 Å². The second-order valence-electron chi connectivity index (χ2n) is 25.4. The number of hydrogen-bond donors (Lipinski definition) is 3. The predicted octanol–water partition coefficient (Wildman–Crippen LogP) is 18.7. The van der Waals surface area contributed by atoms with Crippen molar-refractivity contribution in [2.75, 3.05) is 39.6 Å². The van der Waals surface area contributed by atoms with Crippen molar-refractivity contribution in [3.63, 3.8) is 0 Å². The summed E-state index contributed by atoms with van der Waals surface area (Å²) in [6, 6.07) is 0. The van der Waals surface area contributed by atoms with Gasteiger partial charge in [-0.15, -0.1) is 0 Å². The van der Waals surface area contributed by atoms with Crippen molar-refractivity contribution in [2.45, 2.75) is 349 Å². The molecule has 0 aromatic heterocycles. The zero-order valence-corrected chi connectivity index (χ0v) is 57.6. The Bertz CT molecular complexity index is 1700. The summed E-state index contributed by atoms with van der Waals surface area (Å²) in [4.78, 5) is 72.4. The third-order valence-corrected chi connectivity index (χ3v) is 17.6. The minimum atomic E-state index is -4.95. The molecule has 0 aliphatic carbocycles. The third kappa shape index (κ3) is 59.7. The van der Waals surface area contributed by atoms with Gasteiger partial charge in [0.05, 0.1) is 26.4 Å². The molecule has 0 aliphatic rings. The highest BCUT2D eigenvalue weighted by molar-refractivity contribution is 7.47. The highest BCUT2D eigenvalue weighted by atomic mass is 31.2. The Morgan fingerprint density at radius 2 is 0.593 bits per heavy atom. The minimum Gasteiger partial charge on any atom is -0.462 e. The van der Waals surface area contributed by atoms with Gasteiger partial charge >= 0.3 is 39.5 Å². The monoisotopic (exact) mass is 1270 g/mol. The largest absolute Gasteiger partial charge is 0.472 e. The van der Waals surface area contributed by atoms with E-state index in [9.17, 15) is 43.2 Å². The van der Waals surface area contributed by atoms with Gasteiger partial charge < -0.3 is 33.8 Å². The van der Waals surface area contributed by atoms with Crippen molar-refractivity contribution in [3.8, 4) is 0 Å². The first-order chi connectivity index (χ1) is 41.3. The Morgan fingerprint density at radius 3 is 0.884 bits per heavy atom. The van der Waals surface area contributed by atoms with Crippen molar-refractivity contribution in [3.05, 3.63) is 0 Å². The first-order valence-electron chi connectivity index (χ1n) is 34.9. The molecule has 0 radical (unpaired) electrons. The molecular formula is C67H130O17P2. The number of aliphatic hydroxyl groups excluding tert-OH is 1. The van der Waals surface area contributed by atoms with E-state index < -0.39 is 97.5 Å². The maximum atomic E-state index is 13.0. The number of phosphoric ester groups is 2. The van der Waals surface area contributed by atoms with Gasteiger partial charge in [-0.2, -0.15) is 0 Å². The smallest absolute Gasteiger partial charge is 0.462 e. The highest BCUT2D eigenvalue weighted by Crippen LogP contribution is 2.45. The molecule has 6 atom stereocenters. The Morgan fingerprint density at radius 1 is 0.337 bits per heavy atom. The molecule has 0 rings (SSSR count). The van der Waals surface area contributed by atoms with E-state index >= 15 is 0 Å². The van der Waals surface area contributed by atoms with E-state index in [1.165, 1.54) is 141 Å². The summed E-state index contributed by atoms with van der Waals surface area (Å²) in [6.07, 6.45) is 40.2. The molecule has 510 valence electrons. The van der Waals surface area contributed by atoms with Gasteiger partial charge in [-0.05, 0) is 43.4 Å². The van der Waals surface area contributed by atoms with Crippen LogP contribution in [0, 0.1) is 17.8 Å². The second kappa shape index (κ2) is 58.2. The van der Waals surface area contributed by atoms with Crippen LogP contribution in [0.15, 0.2) is 0 Å². The summed E-state index contributed by atoms with van der Waals surface area (Å²) >= 11 is 0. The molecular weight excluding hydrogens is 1140 g/mol. The van der Waals surface area contributed by atoms with Crippen LogP contribution in [0.5, 0.6) is 0 Å². The fraction of sp³-hybridized carbons (Fsp3) is 0.940. The van der Waals surface area contributed by atoms with Crippen LogP contribution in [0.2, 0.25) is 0 Å². The van der Waals surface area contributed by atoms with Crippen molar-refractivity contribution < 1.29 is 80.2 Å². The Balaban J connectivity index is 5.26. The second-order valence-corrected chi connectivity index (χ2v) is 28.3. The predicted molar refractivity (Wildman–Crippen MR) is 344 cm³/mol. The number of rotatable bonds is 65. The lowest BCUT2D eigenvalue weighted by Gasteiger charge is -2.21. The number of carbonyl (C=O) groups excluding carboxylic acids is 4. The van der Waals surface area contributed by atoms with Gasteiger partial charge in [0.2, 0.25) is 0 Å². The zero-order valence-electron chi connectivity index (χ0n) is 55.8. The molecule has 0 amide bonds. The van der Waals surface area contributed by atoms with Gasteiger partial charge in [0, 0.05) is 25.7 Å². The summed E-state index contributed by atoms with van der Waals surface area (Å²) in [5.74, 6) is 0.118. The molecule has 0 bridgehead atoms. The zero-order chi connectivity index (χ0) is 63.8. The molecule has 86 heavy (non-hydrogen) atoms. The van der Waals surface area contributed by atoms with Crippen LogP contribution >= 0.6 is 15.6 Å². The van der Waals surface area contributed by atoms with Crippen LogP contribution in [-0.2, 0) is 65.4 Å². The number of ether oxygens (including phenoxy) is 4. The number of unbranched alkanes of at least 4 members (excludes halogenated alkanes) is 32. The summed E-state index contributed by atoms with van der Waals surface area (Å²) < 4.78 is 68.1. The molecule has 0 heterocycles. The molecule has 0 aliphatic heterocycles. The lowest BCUT2D eigenvalue weighted by molar-refractivity contribution is -0.161. The van der Waals surface area contributed by atoms with Gasteiger partial charge in [0.25, 0.3) is 0 Å². The van der Waals surface area contributed by atoms with E-state index in [0.717, 1.165) is 108 Å². The van der Waals surface area contributed by atoms with E-state index in [1.54, 1.807) is 0 Å². The van der Waals surface area contributed by atoms with Gasteiger partial charge in [0.15, 0.2) is 12.2 Å². The highest BCUT2D eigenvalue weighted by Gasteiger charge is 2.30. The molecule has 0 fully saturated rings. The Labute approximate surface area is 524 Å². The minimum absolute atomic E-state index is 0.105. The standard InChI is InChI=1S/C67H130O17P2/c1-8-10-11-12-13-14-19-27-34-41-48-64(69)77-55-63(84-67(72)51-44-37-30-23-22-26-33-40-47-60(7)9-2)57-82-86(75,76)80-53-61(68)52-79-85(73,74)81-56-62(83-66(71)50-43-36-29-21-16-18-25-32-39-46-59(5)6)54-78-65(70)49-42-35-28-20-15-17-24-31-38-45-58(3)4/h58-63,68H,8-57H2,1-7H3,(H,73,74)(H,75,76)/t60?,61-,62-,63-/m1/s1. The van der Waals surface area contributed by atoms with E-state index in [0.29, 0.717) is 25.7 Å². The van der Waals surface area contributed by atoms with E-state index in [-0.39, 0.29) is 25.7 Å². The quantitative estimate of drug-likeness (QED) is 0.0222. The molecule has 0 aromatic rings. The van der Waals surface area contributed by atoms with E-state index in [1.807, 2.05) is 0 Å². The van der Waals surface area contributed by atoms with Crippen molar-refractivity contribution in [1.82, 2.24) is 0 Å². The summed E-state index contributed by atoms with van der Waals surface area (Å²) in [6.45, 7) is 11.8. The number of phosphoric acid groups is 2. The fourth-order valence-electron chi connectivity index (χ4n) is 9.98. The molecule has 19 heteroatoms. The van der Waals surface area contributed by atoms with Crippen LogP contribution in [-0.4, -0.2) is 96.7 Å². The van der Waals surface area contributed by atoms with E-state index in [4.69, 9.17) is 37.0 Å². The van der Waals surface area contributed by atoms with Gasteiger partial charge in [-0.3, -0.25) is 37.3 Å². The van der Waals surface area contributed by atoms with E-state index in [2.05, 4.69) is 48.5 Å². The maximum Gasteiger partial charge on any atom is 0.472 e. The molecule has 0 saturated heterocycles.